The molecule has 1 aromatic rings. The fourth-order valence-corrected chi connectivity index (χ4v) is 4.85. The molecule has 1 amide bonds. The molecule has 0 spiro atoms. The number of nitrogens with zero attached hydrogens (tertiary/aromatic N) is 2. The fraction of sp³-hybridized carbons (Fsp3) is 0.611. The number of carbonyl (C=O) groups excluding carboxylic acids is 1. The van der Waals surface area contributed by atoms with Crippen molar-refractivity contribution in [1.82, 2.24) is 14.5 Å². The van der Waals surface area contributed by atoms with Gasteiger partial charge >= 0.3 is 0 Å². The van der Waals surface area contributed by atoms with E-state index >= 15 is 0 Å². The molecule has 0 radical (unpaired) electrons. The Hall–Kier alpha value is -1.48. The monoisotopic (exact) mass is 381 g/mol. The molecular formula is C18H27N3O4S. The second-order valence-electron chi connectivity index (χ2n) is 6.69. The molecule has 7 nitrogen and oxygen atoms in total. The lowest BCUT2D eigenvalue weighted by molar-refractivity contribution is -0.131. The van der Waals surface area contributed by atoms with Crippen LogP contribution in [0.25, 0.3) is 0 Å². The van der Waals surface area contributed by atoms with Gasteiger partial charge in [0.05, 0.1) is 11.0 Å². The Morgan fingerprint density at radius 2 is 1.96 bits per heavy atom. The molecule has 0 unspecified atom stereocenters. The van der Waals surface area contributed by atoms with Crippen molar-refractivity contribution in [2.75, 3.05) is 45.9 Å². The van der Waals surface area contributed by atoms with Crippen molar-refractivity contribution >= 4 is 15.9 Å². The Morgan fingerprint density at radius 1 is 1.23 bits per heavy atom. The zero-order valence-corrected chi connectivity index (χ0v) is 15.8. The van der Waals surface area contributed by atoms with Crippen molar-refractivity contribution in [1.29, 1.82) is 0 Å². The number of hydrogen-bond acceptors (Lipinski definition) is 5. The standard InChI is InChI=1S/C18H27N3O4S/c22-18(20-12-9-19-10-13-20)8-11-21(15-16-5-4-14-25-16)26(23,24)17-6-2-1-3-7-17/h1-3,6-7,16,19H,4-5,8-15H2/t16-/m1/s1. The van der Waals surface area contributed by atoms with Crippen LogP contribution < -0.4 is 5.32 Å². The van der Waals surface area contributed by atoms with Gasteiger partial charge in [0, 0.05) is 52.3 Å². The summed E-state index contributed by atoms with van der Waals surface area (Å²) in [6, 6.07) is 8.40. The first-order chi connectivity index (χ1) is 12.6. The van der Waals surface area contributed by atoms with Gasteiger partial charge in [-0.15, -0.1) is 0 Å². The van der Waals surface area contributed by atoms with Crippen molar-refractivity contribution in [3.8, 4) is 0 Å². The molecule has 2 aliphatic heterocycles. The summed E-state index contributed by atoms with van der Waals surface area (Å²) in [5.74, 6) is 0.00658. The number of nitrogens with one attached hydrogen (secondary N) is 1. The average molecular weight is 381 g/mol. The number of carbonyl (C=O) groups is 1. The predicted molar refractivity (Wildman–Crippen MR) is 98.2 cm³/mol. The van der Waals surface area contributed by atoms with Gasteiger partial charge in [0.2, 0.25) is 15.9 Å². The predicted octanol–water partition coefficient (Wildman–Crippen LogP) is 0.678. The molecule has 0 bridgehead atoms. The lowest BCUT2D eigenvalue weighted by atomic mass is 10.2. The van der Waals surface area contributed by atoms with E-state index in [-0.39, 0.29) is 29.9 Å². The maximum Gasteiger partial charge on any atom is 0.243 e. The Balaban J connectivity index is 1.69. The zero-order chi connectivity index (χ0) is 18.4. The van der Waals surface area contributed by atoms with E-state index in [1.165, 1.54) is 4.31 Å². The van der Waals surface area contributed by atoms with Gasteiger partial charge < -0.3 is 15.0 Å². The maximum absolute atomic E-state index is 13.0. The first-order valence-electron chi connectivity index (χ1n) is 9.22. The molecule has 2 saturated heterocycles. The second-order valence-corrected chi connectivity index (χ2v) is 8.63. The minimum atomic E-state index is -3.64. The van der Waals surface area contributed by atoms with Gasteiger partial charge in [-0.25, -0.2) is 8.42 Å². The van der Waals surface area contributed by atoms with Crippen LogP contribution >= 0.6 is 0 Å². The number of piperazine rings is 1. The van der Waals surface area contributed by atoms with Crippen molar-refractivity contribution in [3.05, 3.63) is 30.3 Å². The van der Waals surface area contributed by atoms with E-state index in [1.54, 1.807) is 35.2 Å². The molecule has 1 N–H and O–H groups in total. The number of amides is 1. The maximum atomic E-state index is 13.0. The molecule has 2 fully saturated rings. The molecule has 26 heavy (non-hydrogen) atoms. The summed E-state index contributed by atoms with van der Waals surface area (Å²) in [5.41, 5.74) is 0. The largest absolute Gasteiger partial charge is 0.377 e. The average Bonchev–Trinajstić information content (AvgIpc) is 3.19. The van der Waals surface area contributed by atoms with E-state index in [1.807, 2.05) is 0 Å². The SMILES string of the molecule is O=C(CCN(C[C@H]1CCCO1)S(=O)(=O)c1ccccc1)N1CCNCC1. The molecule has 1 atom stereocenters. The highest BCUT2D eigenvalue weighted by atomic mass is 32.2. The Labute approximate surface area is 155 Å². The number of sulfonamides is 1. The van der Waals surface area contributed by atoms with Crippen LogP contribution in [0.2, 0.25) is 0 Å². The van der Waals surface area contributed by atoms with Gasteiger partial charge in [-0.2, -0.15) is 4.31 Å². The molecule has 2 heterocycles. The molecule has 144 valence electrons. The highest BCUT2D eigenvalue weighted by Crippen LogP contribution is 2.20. The van der Waals surface area contributed by atoms with Crippen LogP contribution in [0, 0.1) is 0 Å². The third-order valence-electron chi connectivity index (χ3n) is 4.86. The molecule has 2 aliphatic rings. The van der Waals surface area contributed by atoms with Gasteiger partial charge in [-0.05, 0) is 25.0 Å². The smallest absolute Gasteiger partial charge is 0.243 e. The fourth-order valence-electron chi connectivity index (χ4n) is 3.36. The van der Waals surface area contributed by atoms with Crippen LogP contribution in [-0.2, 0) is 19.6 Å². The molecule has 0 aromatic heterocycles. The van der Waals surface area contributed by atoms with E-state index in [0.29, 0.717) is 26.2 Å². The van der Waals surface area contributed by atoms with E-state index in [0.717, 1.165) is 25.9 Å². The summed E-state index contributed by atoms with van der Waals surface area (Å²) >= 11 is 0. The quantitative estimate of drug-likeness (QED) is 0.751. The number of ether oxygens (including phenoxy) is 1. The summed E-state index contributed by atoms with van der Waals surface area (Å²) in [7, 11) is -3.64. The number of rotatable bonds is 7. The summed E-state index contributed by atoms with van der Waals surface area (Å²) in [4.78, 5) is 14.5. The van der Waals surface area contributed by atoms with Crippen molar-refractivity contribution in [2.24, 2.45) is 0 Å². The van der Waals surface area contributed by atoms with Gasteiger partial charge in [0.15, 0.2) is 0 Å². The van der Waals surface area contributed by atoms with Crippen LogP contribution in [0.5, 0.6) is 0 Å². The normalized spacial score (nSPS) is 21.3. The molecule has 0 saturated carbocycles. The van der Waals surface area contributed by atoms with E-state index < -0.39 is 10.0 Å². The Kier molecular flexibility index (Phi) is 6.63. The lowest BCUT2D eigenvalue weighted by Gasteiger charge is -2.29. The lowest BCUT2D eigenvalue weighted by Crippen LogP contribution is -2.47. The van der Waals surface area contributed by atoms with Crippen LogP contribution in [0.15, 0.2) is 35.2 Å². The Morgan fingerprint density at radius 3 is 2.62 bits per heavy atom. The van der Waals surface area contributed by atoms with Gasteiger partial charge in [0.1, 0.15) is 0 Å². The summed E-state index contributed by atoms with van der Waals surface area (Å²) in [6.07, 6.45) is 1.90. The molecule has 3 rings (SSSR count). The van der Waals surface area contributed by atoms with Gasteiger partial charge in [-0.3, -0.25) is 4.79 Å². The van der Waals surface area contributed by atoms with Crippen molar-refractivity contribution in [3.63, 3.8) is 0 Å². The summed E-state index contributed by atoms with van der Waals surface area (Å²) < 4.78 is 33.1. The van der Waals surface area contributed by atoms with Gasteiger partial charge in [-0.1, -0.05) is 18.2 Å². The number of hydrogen-bond donors (Lipinski definition) is 1. The first-order valence-corrected chi connectivity index (χ1v) is 10.7. The number of benzene rings is 1. The summed E-state index contributed by atoms with van der Waals surface area (Å²) in [6.45, 7) is 4.07. The summed E-state index contributed by atoms with van der Waals surface area (Å²) in [5, 5.41) is 3.21. The molecule has 8 heteroatoms. The molecular weight excluding hydrogens is 354 g/mol. The topological polar surface area (TPSA) is 79.0 Å². The Bertz CT molecular complexity index is 684. The van der Waals surface area contributed by atoms with Crippen LogP contribution in [-0.4, -0.2) is 75.5 Å². The zero-order valence-electron chi connectivity index (χ0n) is 15.0. The van der Waals surface area contributed by atoms with Crippen LogP contribution in [0.3, 0.4) is 0 Å². The minimum absolute atomic E-state index is 0.00658. The van der Waals surface area contributed by atoms with E-state index in [9.17, 15) is 13.2 Å². The highest BCUT2D eigenvalue weighted by Gasteiger charge is 2.30. The van der Waals surface area contributed by atoms with Crippen LogP contribution in [0.1, 0.15) is 19.3 Å². The minimum Gasteiger partial charge on any atom is -0.377 e. The third-order valence-corrected chi connectivity index (χ3v) is 6.74. The van der Waals surface area contributed by atoms with Crippen molar-refractivity contribution in [2.45, 2.75) is 30.3 Å². The first kappa shape index (κ1) is 19.3. The van der Waals surface area contributed by atoms with Crippen LogP contribution in [0.4, 0.5) is 0 Å². The molecule has 1 aromatic carbocycles. The molecule has 0 aliphatic carbocycles. The van der Waals surface area contributed by atoms with E-state index in [4.69, 9.17) is 4.74 Å². The van der Waals surface area contributed by atoms with Gasteiger partial charge in [0.25, 0.3) is 0 Å². The van der Waals surface area contributed by atoms with E-state index in [2.05, 4.69) is 5.32 Å². The third kappa shape index (κ3) is 4.82. The highest BCUT2D eigenvalue weighted by molar-refractivity contribution is 7.89. The second kappa shape index (κ2) is 8.94. The van der Waals surface area contributed by atoms with Crippen molar-refractivity contribution < 1.29 is 17.9 Å².